The Labute approximate surface area is 113 Å². The molecule has 4 nitrogen and oxygen atoms in total. The molecule has 1 heterocycles. The Morgan fingerprint density at radius 2 is 2.17 bits per heavy atom. The number of hydrogen-bond donors (Lipinski definition) is 1. The molecular weight excluding hydrogens is 268 g/mol. The normalized spacial score (nSPS) is 16.7. The van der Waals surface area contributed by atoms with Crippen molar-refractivity contribution >= 4 is 21.4 Å². The Morgan fingerprint density at radius 3 is 2.67 bits per heavy atom. The van der Waals surface area contributed by atoms with Gasteiger partial charge in [0.15, 0.2) is 0 Å². The molecule has 18 heavy (non-hydrogen) atoms. The summed E-state index contributed by atoms with van der Waals surface area (Å²) >= 11 is 1.41. The molecule has 0 bridgehead atoms. The smallest absolute Gasteiger partial charge is 0.244 e. The van der Waals surface area contributed by atoms with E-state index in [1.165, 1.54) is 11.3 Å². The molecule has 0 spiro atoms. The highest BCUT2D eigenvalue weighted by molar-refractivity contribution is 7.89. The third-order valence-corrected chi connectivity index (χ3v) is 6.39. The highest BCUT2D eigenvalue weighted by Gasteiger charge is 2.34. The zero-order valence-corrected chi connectivity index (χ0v) is 12.4. The quantitative estimate of drug-likeness (QED) is 0.871. The molecule has 1 saturated carbocycles. The molecule has 2 rings (SSSR count). The first-order valence-corrected chi connectivity index (χ1v) is 8.57. The second kappa shape index (κ2) is 5.28. The number of hydrogen-bond acceptors (Lipinski definition) is 4. The third-order valence-electron chi connectivity index (χ3n) is 3.19. The van der Waals surface area contributed by atoms with Crippen LogP contribution in [0, 0.1) is 5.92 Å². The molecule has 0 aliphatic heterocycles. The van der Waals surface area contributed by atoms with Crippen LogP contribution in [0.25, 0.3) is 0 Å². The van der Waals surface area contributed by atoms with Crippen LogP contribution in [-0.2, 0) is 16.6 Å². The molecule has 0 aromatic carbocycles. The Hall–Kier alpha value is -0.430. The van der Waals surface area contributed by atoms with Gasteiger partial charge in [-0.05, 0) is 44.1 Å². The number of rotatable bonds is 6. The zero-order valence-electron chi connectivity index (χ0n) is 10.8. The van der Waals surface area contributed by atoms with Crippen LogP contribution < -0.4 is 5.73 Å². The molecule has 102 valence electrons. The van der Waals surface area contributed by atoms with Crippen LogP contribution in [0.4, 0.5) is 0 Å². The van der Waals surface area contributed by atoms with E-state index in [9.17, 15) is 8.42 Å². The highest BCUT2D eigenvalue weighted by Crippen LogP contribution is 2.33. The van der Waals surface area contributed by atoms with Gasteiger partial charge < -0.3 is 5.73 Å². The summed E-state index contributed by atoms with van der Waals surface area (Å²) in [6, 6.07) is 1.66. The summed E-state index contributed by atoms with van der Waals surface area (Å²) in [7, 11) is -3.39. The van der Waals surface area contributed by atoms with Gasteiger partial charge in [-0.3, -0.25) is 0 Å². The Morgan fingerprint density at radius 1 is 1.50 bits per heavy atom. The maximum Gasteiger partial charge on any atom is 0.244 e. The highest BCUT2D eigenvalue weighted by atomic mass is 32.2. The molecular formula is C12H20N2O2S2. The van der Waals surface area contributed by atoms with E-state index in [0.29, 0.717) is 17.4 Å². The van der Waals surface area contributed by atoms with Crippen molar-refractivity contribution in [3.8, 4) is 0 Å². The van der Waals surface area contributed by atoms with Gasteiger partial charge in [0.2, 0.25) is 10.0 Å². The van der Waals surface area contributed by atoms with E-state index >= 15 is 0 Å². The number of thiophene rings is 1. The van der Waals surface area contributed by atoms with Crippen LogP contribution in [0.5, 0.6) is 0 Å². The minimum atomic E-state index is -3.39. The topological polar surface area (TPSA) is 63.4 Å². The number of nitrogens with zero attached hydrogens (tertiary/aromatic N) is 1. The fourth-order valence-electron chi connectivity index (χ4n) is 1.98. The van der Waals surface area contributed by atoms with Crippen LogP contribution >= 0.6 is 11.3 Å². The Balaban J connectivity index is 2.32. The lowest BCUT2D eigenvalue weighted by Gasteiger charge is -2.26. The van der Waals surface area contributed by atoms with Gasteiger partial charge in [-0.15, -0.1) is 11.3 Å². The van der Waals surface area contributed by atoms with E-state index in [-0.39, 0.29) is 12.6 Å². The van der Waals surface area contributed by atoms with Gasteiger partial charge in [0, 0.05) is 24.0 Å². The largest absolute Gasteiger partial charge is 0.326 e. The van der Waals surface area contributed by atoms with E-state index < -0.39 is 10.0 Å². The van der Waals surface area contributed by atoms with Gasteiger partial charge in [-0.1, -0.05) is 0 Å². The van der Waals surface area contributed by atoms with Crippen LogP contribution in [0.2, 0.25) is 0 Å². The van der Waals surface area contributed by atoms with Crippen molar-refractivity contribution in [2.45, 2.75) is 44.2 Å². The SMILES string of the molecule is CC(C)N(CC1CC1)S(=O)(=O)c1ccsc1CN. The van der Waals surface area contributed by atoms with Gasteiger partial charge in [-0.25, -0.2) is 8.42 Å². The summed E-state index contributed by atoms with van der Waals surface area (Å²) in [5.41, 5.74) is 5.61. The molecule has 1 aliphatic carbocycles. The average molecular weight is 288 g/mol. The average Bonchev–Trinajstić information content (AvgIpc) is 2.99. The van der Waals surface area contributed by atoms with Gasteiger partial charge in [0.05, 0.1) is 4.90 Å². The van der Waals surface area contributed by atoms with E-state index in [2.05, 4.69) is 0 Å². The summed E-state index contributed by atoms with van der Waals surface area (Å²) in [5.74, 6) is 0.544. The molecule has 0 unspecified atom stereocenters. The molecule has 0 atom stereocenters. The van der Waals surface area contributed by atoms with Crippen molar-refractivity contribution in [2.24, 2.45) is 11.7 Å². The third kappa shape index (κ3) is 2.77. The van der Waals surface area contributed by atoms with Crippen LogP contribution in [0.3, 0.4) is 0 Å². The van der Waals surface area contributed by atoms with Crippen LogP contribution in [-0.4, -0.2) is 25.3 Å². The second-order valence-corrected chi connectivity index (χ2v) is 7.88. The maximum atomic E-state index is 12.7. The van der Waals surface area contributed by atoms with E-state index in [1.807, 2.05) is 13.8 Å². The molecule has 1 aliphatic rings. The lowest BCUT2D eigenvalue weighted by molar-refractivity contribution is 0.341. The lowest BCUT2D eigenvalue weighted by atomic mass is 10.3. The first kappa shape index (κ1) is 14.0. The van der Waals surface area contributed by atoms with E-state index in [1.54, 1.807) is 15.8 Å². The monoisotopic (exact) mass is 288 g/mol. The van der Waals surface area contributed by atoms with Crippen molar-refractivity contribution in [3.05, 3.63) is 16.3 Å². The summed E-state index contributed by atoms with van der Waals surface area (Å²) in [6.07, 6.45) is 2.29. The summed E-state index contributed by atoms with van der Waals surface area (Å²) < 4.78 is 26.9. The summed E-state index contributed by atoms with van der Waals surface area (Å²) in [4.78, 5) is 1.14. The summed E-state index contributed by atoms with van der Waals surface area (Å²) in [6.45, 7) is 4.77. The second-order valence-electron chi connectivity index (χ2n) is 5.02. The molecule has 2 N–H and O–H groups in total. The zero-order chi connectivity index (χ0) is 13.3. The van der Waals surface area contributed by atoms with Crippen LogP contribution in [0.15, 0.2) is 16.3 Å². The minimum Gasteiger partial charge on any atom is -0.326 e. The number of sulfonamides is 1. The van der Waals surface area contributed by atoms with Crippen molar-refractivity contribution in [3.63, 3.8) is 0 Å². The van der Waals surface area contributed by atoms with Crippen LogP contribution in [0.1, 0.15) is 31.6 Å². The van der Waals surface area contributed by atoms with Crippen molar-refractivity contribution < 1.29 is 8.42 Å². The molecule has 6 heteroatoms. The predicted octanol–water partition coefficient (Wildman–Crippen LogP) is 2.02. The molecule has 1 aromatic heterocycles. The molecule has 0 radical (unpaired) electrons. The standard InChI is InChI=1S/C12H20N2O2S2/c1-9(2)14(8-10-3-4-10)18(15,16)12-5-6-17-11(12)7-13/h5-6,9-10H,3-4,7-8,13H2,1-2H3. The Bertz CT molecular complexity index is 504. The van der Waals surface area contributed by atoms with Gasteiger partial charge >= 0.3 is 0 Å². The van der Waals surface area contributed by atoms with Crippen molar-refractivity contribution in [2.75, 3.05) is 6.54 Å². The molecule has 1 fully saturated rings. The number of nitrogens with two attached hydrogens (primary N) is 1. The molecule has 0 saturated heterocycles. The summed E-state index contributed by atoms with van der Waals surface area (Å²) in [5, 5.41) is 1.80. The lowest BCUT2D eigenvalue weighted by Crippen LogP contribution is -2.38. The minimum absolute atomic E-state index is 0.0128. The fourth-order valence-corrected chi connectivity index (χ4v) is 5.00. The van der Waals surface area contributed by atoms with Crippen molar-refractivity contribution in [1.82, 2.24) is 4.31 Å². The van der Waals surface area contributed by atoms with Gasteiger partial charge in [0.1, 0.15) is 0 Å². The predicted molar refractivity (Wildman–Crippen MR) is 74.0 cm³/mol. The van der Waals surface area contributed by atoms with Crippen molar-refractivity contribution in [1.29, 1.82) is 0 Å². The first-order valence-electron chi connectivity index (χ1n) is 6.25. The first-order chi connectivity index (χ1) is 8.46. The van der Waals surface area contributed by atoms with E-state index in [4.69, 9.17) is 5.73 Å². The molecule has 0 amide bonds. The molecule has 1 aromatic rings. The fraction of sp³-hybridized carbons (Fsp3) is 0.667. The van der Waals surface area contributed by atoms with Gasteiger partial charge in [-0.2, -0.15) is 4.31 Å². The van der Waals surface area contributed by atoms with E-state index in [0.717, 1.165) is 17.7 Å². The maximum absolute atomic E-state index is 12.7. The Kier molecular flexibility index (Phi) is 4.11. The van der Waals surface area contributed by atoms with Gasteiger partial charge in [0.25, 0.3) is 0 Å².